The van der Waals surface area contributed by atoms with Crippen LogP contribution in [-0.4, -0.2) is 30.8 Å². The van der Waals surface area contributed by atoms with Crippen LogP contribution in [0.3, 0.4) is 0 Å². The number of ether oxygens (including phenoxy) is 1. The van der Waals surface area contributed by atoms with Gasteiger partial charge in [-0.15, -0.1) is 0 Å². The number of carbonyl (C=O) groups is 1. The minimum Gasteiger partial charge on any atom is -0.468 e. The predicted octanol–water partition coefficient (Wildman–Crippen LogP) is 5.89. The lowest BCUT2D eigenvalue weighted by Gasteiger charge is -2.18. The van der Waals surface area contributed by atoms with Crippen LogP contribution in [0.2, 0.25) is 0 Å². The van der Waals surface area contributed by atoms with E-state index >= 15 is 0 Å². The zero-order valence-corrected chi connectivity index (χ0v) is 18.0. The first kappa shape index (κ1) is 25.1. The Hall–Kier alpha value is -1.92. The molecule has 0 aliphatic heterocycles. The summed E-state index contributed by atoms with van der Waals surface area (Å²) >= 11 is 0. The van der Waals surface area contributed by atoms with Crippen LogP contribution in [0.5, 0.6) is 5.75 Å². The van der Waals surface area contributed by atoms with Gasteiger partial charge >= 0.3 is 7.60 Å². The average Bonchev–Trinajstić information content (AvgIpc) is 2.69. The van der Waals surface area contributed by atoms with Crippen molar-refractivity contribution in [1.82, 2.24) is 0 Å². The second-order valence-corrected chi connectivity index (χ2v) is 8.85. The lowest BCUT2D eigenvalue weighted by atomic mass is 10.1. The van der Waals surface area contributed by atoms with E-state index < -0.39 is 12.5 Å². The molecule has 0 amide bonds. The fourth-order valence-electron chi connectivity index (χ4n) is 2.90. The Morgan fingerprint density at radius 3 is 2.03 bits per heavy atom. The van der Waals surface area contributed by atoms with Gasteiger partial charge in [0.1, 0.15) is 5.75 Å². The summed E-state index contributed by atoms with van der Waals surface area (Å²) in [5.74, 6) is 0.311. The second kappa shape index (κ2) is 15.0. The molecule has 1 unspecified atom stereocenters. The molecule has 0 aliphatic rings. The Bertz CT molecular complexity index is 636. The number of nitrogens with zero attached hydrogens (tertiary/aromatic N) is 1. The molecule has 0 aliphatic carbocycles. The maximum atomic E-state index is 12.9. The summed E-state index contributed by atoms with van der Waals surface area (Å²) in [6, 6.07) is 5.52. The summed E-state index contributed by atoms with van der Waals surface area (Å²) in [6.07, 6.45) is 9.69. The monoisotopic (exact) mass is 429 g/mol. The van der Waals surface area contributed by atoms with Crippen molar-refractivity contribution in [2.75, 3.05) is 19.4 Å². The summed E-state index contributed by atoms with van der Waals surface area (Å²) in [5, 5.41) is 10.7. The molecule has 1 aromatic rings. The van der Waals surface area contributed by atoms with Crippen molar-refractivity contribution in [1.29, 1.82) is 0 Å². The van der Waals surface area contributed by atoms with Gasteiger partial charge in [0.05, 0.1) is 24.3 Å². The fraction of sp³-hybridized carbons (Fsp3) is 0.650. The molecule has 8 nitrogen and oxygen atoms in total. The van der Waals surface area contributed by atoms with Crippen molar-refractivity contribution < 1.29 is 28.1 Å². The van der Waals surface area contributed by atoms with Crippen molar-refractivity contribution in [2.24, 2.45) is 0 Å². The molecular formula is C20H32NO7P. The molecule has 0 saturated heterocycles. The third kappa shape index (κ3) is 11.6. The van der Waals surface area contributed by atoms with Crippen molar-refractivity contribution in [3.8, 4) is 5.75 Å². The van der Waals surface area contributed by atoms with Crippen molar-refractivity contribution >= 4 is 19.8 Å². The highest BCUT2D eigenvalue weighted by atomic mass is 31.2. The van der Waals surface area contributed by atoms with Crippen LogP contribution in [0.25, 0.3) is 0 Å². The highest BCUT2D eigenvalue weighted by Gasteiger charge is 2.25. The molecule has 164 valence electrons. The summed E-state index contributed by atoms with van der Waals surface area (Å²) in [4.78, 5) is 20.2. The van der Waals surface area contributed by atoms with E-state index in [0.717, 1.165) is 51.4 Å². The van der Waals surface area contributed by atoms with E-state index in [1.807, 2.05) is 0 Å². The molecule has 1 rings (SSSR count). The van der Waals surface area contributed by atoms with Crippen LogP contribution < -0.4 is 4.52 Å². The van der Waals surface area contributed by atoms with Gasteiger partial charge < -0.3 is 13.8 Å². The minimum atomic E-state index is -3.27. The van der Waals surface area contributed by atoms with Crippen LogP contribution in [0.1, 0.15) is 64.7 Å². The van der Waals surface area contributed by atoms with E-state index in [4.69, 9.17) is 9.05 Å². The maximum Gasteiger partial charge on any atom is 0.379 e. The molecule has 0 spiro atoms. The SMILES string of the molecule is CCOP(=O)(CCCCCCCCCCCOC=O)Oc1ccc([N+](=O)[O-])cc1. The molecule has 0 radical (unpaired) electrons. The summed E-state index contributed by atoms with van der Waals surface area (Å²) < 4.78 is 28.5. The number of nitro groups is 1. The highest BCUT2D eigenvalue weighted by Crippen LogP contribution is 2.49. The van der Waals surface area contributed by atoms with Gasteiger partial charge in [-0.2, -0.15) is 0 Å². The van der Waals surface area contributed by atoms with Crippen molar-refractivity contribution in [3.05, 3.63) is 34.4 Å². The van der Waals surface area contributed by atoms with E-state index in [2.05, 4.69) is 4.74 Å². The van der Waals surface area contributed by atoms with Gasteiger partial charge in [-0.05, 0) is 31.9 Å². The number of rotatable bonds is 18. The first-order chi connectivity index (χ1) is 14.0. The third-order valence-corrected chi connectivity index (χ3v) is 6.38. The molecule has 0 aromatic heterocycles. The summed E-state index contributed by atoms with van der Waals surface area (Å²) in [6.45, 7) is 3.03. The molecule has 0 heterocycles. The highest BCUT2D eigenvalue weighted by molar-refractivity contribution is 7.54. The largest absolute Gasteiger partial charge is 0.468 e. The van der Waals surface area contributed by atoms with Gasteiger partial charge in [-0.3, -0.25) is 14.9 Å². The minimum absolute atomic E-state index is 0.0436. The number of nitro benzene ring substituents is 1. The summed E-state index contributed by atoms with van der Waals surface area (Å²) in [7, 11) is -3.27. The van der Waals surface area contributed by atoms with E-state index in [9.17, 15) is 19.5 Å². The Balaban J connectivity index is 2.22. The van der Waals surface area contributed by atoms with Gasteiger partial charge in [0.2, 0.25) is 0 Å². The van der Waals surface area contributed by atoms with E-state index in [-0.39, 0.29) is 12.3 Å². The number of hydrogen-bond donors (Lipinski definition) is 0. The smallest absolute Gasteiger partial charge is 0.379 e. The van der Waals surface area contributed by atoms with Crippen LogP contribution in [-0.2, 0) is 18.6 Å². The number of benzene rings is 1. The first-order valence-corrected chi connectivity index (χ1v) is 12.0. The number of non-ortho nitro benzene ring substituents is 1. The lowest BCUT2D eigenvalue weighted by Crippen LogP contribution is -2.03. The molecule has 29 heavy (non-hydrogen) atoms. The molecular weight excluding hydrogens is 397 g/mol. The normalized spacial score (nSPS) is 12.9. The van der Waals surface area contributed by atoms with Crippen molar-refractivity contribution in [3.63, 3.8) is 0 Å². The molecule has 0 saturated carbocycles. The molecule has 1 aromatic carbocycles. The Kier molecular flexibility index (Phi) is 13.0. The van der Waals surface area contributed by atoms with E-state index in [1.165, 1.54) is 30.7 Å². The molecule has 0 bridgehead atoms. The quantitative estimate of drug-likeness (QED) is 0.0942. The predicted molar refractivity (Wildman–Crippen MR) is 111 cm³/mol. The summed E-state index contributed by atoms with van der Waals surface area (Å²) in [5.41, 5.74) is -0.0436. The molecule has 0 fully saturated rings. The average molecular weight is 429 g/mol. The van der Waals surface area contributed by atoms with Crippen molar-refractivity contribution in [2.45, 2.75) is 64.7 Å². The van der Waals surface area contributed by atoms with Crippen LogP contribution >= 0.6 is 7.60 Å². The third-order valence-electron chi connectivity index (χ3n) is 4.38. The van der Waals surface area contributed by atoms with Gasteiger partial charge in [0.25, 0.3) is 12.2 Å². The maximum absolute atomic E-state index is 12.9. The van der Waals surface area contributed by atoms with E-state index in [0.29, 0.717) is 25.0 Å². The zero-order valence-electron chi connectivity index (χ0n) is 17.1. The van der Waals surface area contributed by atoms with Gasteiger partial charge in [-0.25, -0.2) is 4.57 Å². The van der Waals surface area contributed by atoms with Crippen LogP contribution in [0, 0.1) is 10.1 Å². The van der Waals surface area contributed by atoms with Crippen LogP contribution in [0.15, 0.2) is 24.3 Å². The second-order valence-electron chi connectivity index (χ2n) is 6.74. The Morgan fingerprint density at radius 1 is 0.966 bits per heavy atom. The van der Waals surface area contributed by atoms with Gasteiger partial charge in [0, 0.05) is 12.1 Å². The number of carbonyl (C=O) groups excluding carboxylic acids is 1. The zero-order chi connectivity index (χ0) is 21.4. The Labute approximate surface area is 172 Å². The van der Waals surface area contributed by atoms with E-state index in [1.54, 1.807) is 6.92 Å². The standard InChI is InChI=1S/C20H32NO7P/c1-2-27-29(25,28-20-14-12-19(13-15-20)21(23)24)17-11-9-7-5-3-4-6-8-10-16-26-18-22/h12-15,18H,2-11,16-17H2,1H3. The first-order valence-electron chi connectivity index (χ1n) is 10.2. The number of hydrogen-bond acceptors (Lipinski definition) is 7. The topological polar surface area (TPSA) is 105 Å². The lowest BCUT2D eigenvalue weighted by molar-refractivity contribution is -0.384. The Morgan fingerprint density at radius 2 is 1.52 bits per heavy atom. The fourth-order valence-corrected chi connectivity index (χ4v) is 4.62. The number of unbranched alkanes of at least 4 members (excludes halogenated alkanes) is 8. The molecule has 1 atom stereocenters. The van der Waals surface area contributed by atoms with Gasteiger partial charge in [0.15, 0.2) is 0 Å². The molecule has 0 N–H and O–H groups in total. The molecule has 9 heteroatoms. The van der Waals surface area contributed by atoms with Crippen LogP contribution in [0.4, 0.5) is 5.69 Å². The van der Waals surface area contributed by atoms with Gasteiger partial charge in [-0.1, -0.05) is 44.9 Å².